The van der Waals surface area contributed by atoms with E-state index >= 15 is 0 Å². The van der Waals surface area contributed by atoms with Gasteiger partial charge in [-0.3, -0.25) is 4.79 Å². The van der Waals surface area contributed by atoms with Crippen LogP contribution < -0.4 is 5.43 Å². The SMILES string of the molecule is CC(C)(C)c1cc(=O)c2cc(C(=O)O)ccc2o1. The highest BCUT2D eigenvalue weighted by Crippen LogP contribution is 2.24. The minimum Gasteiger partial charge on any atom is -0.478 e. The highest BCUT2D eigenvalue weighted by atomic mass is 16.4. The van der Waals surface area contributed by atoms with Crippen molar-refractivity contribution in [3.63, 3.8) is 0 Å². The van der Waals surface area contributed by atoms with Crippen LogP contribution in [0.4, 0.5) is 0 Å². The maximum absolute atomic E-state index is 12.0. The van der Waals surface area contributed by atoms with Gasteiger partial charge in [0, 0.05) is 11.5 Å². The number of hydrogen-bond acceptors (Lipinski definition) is 3. The lowest BCUT2D eigenvalue weighted by Gasteiger charge is -2.17. The van der Waals surface area contributed by atoms with E-state index < -0.39 is 5.97 Å². The summed E-state index contributed by atoms with van der Waals surface area (Å²) in [4.78, 5) is 22.8. The van der Waals surface area contributed by atoms with Gasteiger partial charge in [0.1, 0.15) is 11.3 Å². The van der Waals surface area contributed by atoms with Crippen LogP contribution in [0.1, 0.15) is 36.9 Å². The first-order valence-electron chi connectivity index (χ1n) is 5.61. The maximum atomic E-state index is 12.0. The highest BCUT2D eigenvalue weighted by Gasteiger charge is 2.19. The number of carboxylic acids is 1. The zero-order chi connectivity index (χ0) is 13.5. The number of benzene rings is 1. The number of carboxylic acid groups (broad SMARTS) is 1. The van der Waals surface area contributed by atoms with Gasteiger partial charge in [-0.25, -0.2) is 4.79 Å². The molecule has 2 aromatic rings. The van der Waals surface area contributed by atoms with Gasteiger partial charge < -0.3 is 9.52 Å². The second kappa shape index (κ2) is 3.98. The summed E-state index contributed by atoms with van der Waals surface area (Å²) in [6.07, 6.45) is 0. The third kappa shape index (κ3) is 2.14. The molecule has 18 heavy (non-hydrogen) atoms. The average molecular weight is 246 g/mol. The van der Waals surface area contributed by atoms with Crippen LogP contribution in [0.2, 0.25) is 0 Å². The fourth-order valence-corrected chi connectivity index (χ4v) is 1.66. The molecule has 94 valence electrons. The van der Waals surface area contributed by atoms with Crippen molar-refractivity contribution in [1.82, 2.24) is 0 Å². The molecule has 0 unspecified atom stereocenters. The molecule has 0 aliphatic heterocycles. The van der Waals surface area contributed by atoms with Gasteiger partial charge in [-0.05, 0) is 18.2 Å². The third-order valence-corrected chi connectivity index (χ3v) is 2.71. The van der Waals surface area contributed by atoms with E-state index in [4.69, 9.17) is 9.52 Å². The number of hydrogen-bond donors (Lipinski definition) is 1. The number of carbonyl (C=O) groups is 1. The van der Waals surface area contributed by atoms with Crippen molar-refractivity contribution in [1.29, 1.82) is 0 Å². The number of rotatable bonds is 1. The van der Waals surface area contributed by atoms with E-state index in [-0.39, 0.29) is 16.4 Å². The second-order valence-corrected chi connectivity index (χ2v) is 5.24. The van der Waals surface area contributed by atoms with Crippen molar-refractivity contribution in [2.75, 3.05) is 0 Å². The van der Waals surface area contributed by atoms with E-state index in [9.17, 15) is 9.59 Å². The molecule has 1 aromatic heterocycles. The Morgan fingerprint density at radius 3 is 2.44 bits per heavy atom. The topological polar surface area (TPSA) is 67.5 Å². The monoisotopic (exact) mass is 246 g/mol. The lowest BCUT2D eigenvalue weighted by molar-refractivity contribution is 0.0697. The predicted octanol–water partition coefficient (Wildman–Crippen LogP) is 2.79. The van der Waals surface area contributed by atoms with Crippen LogP contribution in [0, 0.1) is 0 Å². The first-order chi connectivity index (χ1) is 8.29. The van der Waals surface area contributed by atoms with Crippen molar-refractivity contribution >= 4 is 16.9 Å². The Morgan fingerprint density at radius 2 is 1.89 bits per heavy atom. The van der Waals surface area contributed by atoms with Crippen LogP contribution in [0.15, 0.2) is 33.5 Å². The molecule has 0 fully saturated rings. The molecule has 0 atom stereocenters. The summed E-state index contributed by atoms with van der Waals surface area (Å²) in [5, 5.41) is 9.18. The first-order valence-corrected chi connectivity index (χ1v) is 5.61. The lowest BCUT2D eigenvalue weighted by atomic mass is 9.92. The van der Waals surface area contributed by atoms with Gasteiger partial charge >= 0.3 is 5.97 Å². The minimum absolute atomic E-state index is 0.0818. The lowest BCUT2D eigenvalue weighted by Crippen LogP contribution is -2.15. The van der Waals surface area contributed by atoms with Crippen LogP contribution in [0.5, 0.6) is 0 Å². The van der Waals surface area contributed by atoms with Crippen LogP contribution in [-0.2, 0) is 5.41 Å². The molecule has 1 N–H and O–H groups in total. The second-order valence-electron chi connectivity index (χ2n) is 5.24. The fourth-order valence-electron chi connectivity index (χ4n) is 1.66. The molecule has 0 saturated heterocycles. The van der Waals surface area contributed by atoms with E-state index in [0.29, 0.717) is 16.7 Å². The van der Waals surface area contributed by atoms with Crippen molar-refractivity contribution in [3.05, 3.63) is 45.8 Å². The molecule has 0 radical (unpaired) electrons. The average Bonchev–Trinajstić information content (AvgIpc) is 2.27. The van der Waals surface area contributed by atoms with Crippen LogP contribution in [0.3, 0.4) is 0 Å². The fraction of sp³-hybridized carbons (Fsp3) is 0.286. The van der Waals surface area contributed by atoms with Gasteiger partial charge in [-0.2, -0.15) is 0 Å². The van der Waals surface area contributed by atoms with Gasteiger partial charge in [-0.15, -0.1) is 0 Å². The Bertz CT molecular complexity index is 674. The quantitative estimate of drug-likeness (QED) is 0.840. The first kappa shape index (κ1) is 12.4. The molecule has 0 saturated carbocycles. The predicted molar refractivity (Wildman–Crippen MR) is 68.1 cm³/mol. The Labute approximate surface area is 104 Å². The van der Waals surface area contributed by atoms with Gasteiger partial charge in [0.2, 0.25) is 0 Å². The molecule has 4 nitrogen and oxygen atoms in total. The molecule has 2 rings (SSSR count). The molecule has 1 aromatic carbocycles. The van der Waals surface area contributed by atoms with E-state index in [2.05, 4.69) is 0 Å². The summed E-state index contributed by atoms with van der Waals surface area (Å²) in [6, 6.07) is 5.72. The van der Waals surface area contributed by atoms with Gasteiger partial charge in [0.25, 0.3) is 0 Å². The van der Waals surface area contributed by atoms with Gasteiger partial charge in [0.05, 0.1) is 10.9 Å². The summed E-state index contributed by atoms with van der Waals surface area (Å²) in [5.74, 6) is -0.473. The Morgan fingerprint density at radius 1 is 1.22 bits per heavy atom. The summed E-state index contributed by atoms with van der Waals surface area (Å²) >= 11 is 0. The molecule has 0 amide bonds. The van der Waals surface area contributed by atoms with Crippen molar-refractivity contribution < 1.29 is 14.3 Å². The summed E-state index contributed by atoms with van der Waals surface area (Å²) in [5.41, 5.74) is 0.0127. The van der Waals surface area contributed by atoms with Crippen LogP contribution in [0.25, 0.3) is 11.0 Å². The van der Waals surface area contributed by atoms with Crippen molar-refractivity contribution in [2.45, 2.75) is 26.2 Å². The molecule has 0 aliphatic rings. The summed E-state index contributed by atoms with van der Waals surface area (Å²) in [6.45, 7) is 5.84. The van der Waals surface area contributed by atoms with Crippen molar-refractivity contribution in [3.8, 4) is 0 Å². The molecule has 1 heterocycles. The van der Waals surface area contributed by atoms with Crippen LogP contribution >= 0.6 is 0 Å². The highest BCUT2D eigenvalue weighted by molar-refractivity contribution is 5.92. The zero-order valence-corrected chi connectivity index (χ0v) is 10.5. The number of aromatic carboxylic acids is 1. The molecular weight excluding hydrogens is 232 g/mol. The Kier molecular flexibility index (Phi) is 2.73. The van der Waals surface area contributed by atoms with E-state index in [1.54, 1.807) is 0 Å². The van der Waals surface area contributed by atoms with Crippen LogP contribution in [-0.4, -0.2) is 11.1 Å². The van der Waals surface area contributed by atoms with Gasteiger partial charge in [0.15, 0.2) is 5.43 Å². The van der Waals surface area contributed by atoms with E-state index in [1.165, 1.54) is 24.3 Å². The van der Waals surface area contributed by atoms with Crippen molar-refractivity contribution in [2.24, 2.45) is 0 Å². The zero-order valence-electron chi connectivity index (χ0n) is 10.5. The number of fused-ring (bicyclic) bond motifs is 1. The normalized spacial score (nSPS) is 11.7. The Balaban J connectivity index is 2.74. The summed E-state index contributed by atoms with van der Waals surface area (Å²) < 4.78 is 5.65. The standard InChI is InChI=1S/C14H14O4/c1-14(2,3)12-7-10(15)9-6-8(13(16)17)4-5-11(9)18-12/h4-7H,1-3H3,(H,16,17). The third-order valence-electron chi connectivity index (χ3n) is 2.71. The largest absolute Gasteiger partial charge is 0.478 e. The van der Waals surface area contributed by atoms with Gasteiger partial charge in [-0.1, -0.05) is 20.8 Å². The molecule has 0 aliphatic carbocycles. The molecule has 4 heteroatoms. The molecule has 0 bridgehead atoms. The minimum atomic E-state index is -1.06. The Hall–Kier alpha value is -2.10. The smallest absolute Gasteiger partial charge is 0.335 e. The summed E-state index contributed by atoms with van der Waals surface area (Å²) in [7, 11) is 0. The molecule has 0 spiro atoms. The van der Waals surface area contributed by atoms with E-state index in [0.717, 1.165) is 0 Å². The van der Waals surface area contributed by atoms with E-state index in [1.807, 2.05) is 20.8 Å². The maximum Gasteiger partial charge on any atom is 0.335 e. The molecular formula is C14H14O4.